The van der Waals surface area contributed by atoms with Crippen molar-refractivity contribution in [2.24, 2.45) is 0 Å². The maximum atomic E-state index is 5.38. The Labute approximate surface area is 111 Å². The lowest BCUT2D eigenvalue weighted by Gasteiger charge is -2.28. The second kappa shape index (κ2) is 7.42. The molecular weight excluding hydrogens is 222 g/mol. The van der Waals surface area contributed by atoms with Crippen molar-refractivity contribution in [2.75, 3.05) is 31.2 Å². The first-order valence-electron chi connectivity index (χ1n) is 7.32. The van der Waals surface area contributed by atoms with Crippen LogP contribution in [0.4, 0.5) is 5.69 Å². The smallest absolute Gasteiger partial charge is 0.0642 e. The van der Waals surface area contributed by atoms with E-state index < -0.39 is 0 Å². The SMILES string of the molecule is CCCCCCc1ccc(N2CCOCC2)cc1. The molecule has 18 heavy (non-hydrogen) atoms. The van der Waals surface area contributed by atoms with Gasteiger partial charge in [0, 0.05) is 18.8 Å². The Morgan fingerprint density at radius 2 is 1.72 bits per heavy atom. The summed E-state index contributed by atoms with van der Waals surface area (Å²) in [5.74, 6) is 0. The number of hydrogen-bond donors (Lipinski definition) is 0. The molecular formula is C16H25NO. The van der Waals surface area contributed by atoms with E-state index in [0.717, 1.165) is 26.3 Å². The van der Waals surface area contributed by atoms with Crippen LogP contribution in [-0.2, 0) is 11.2 Å². The van der Waals surface area contributed by atoms with Crippen LogP contribution in [0.5, 0.6) is 0 Å². The third-order valence-electron chi connectivity index (χ3n) is 3.63. The molecule has 0 spiro atoms. The minimum Gasteiger partial charge on any atom is -0.378 e. The molecule has 1 saturated heterocycles. The fraction of sp³-hybridized carbons (Fsp3) is 0.625. The van der Waals surface area contributed by atoms with Gasteiger partial charge in [0.2, 0.25) is 0 Å². The summed E-state index contributed by atoms with van der Waals surface area (Å²) in [7, 11) is 0. The van der Waals surface area contributed by atoms with Crippen LogP contribution in [0.3, 0.4) is 0 Å². The van der Waals surface area contributed by atoms with Crippen molar-refractivity contribution in [1.82, 2.24) is 0 Å². The quantitative estimate of drug-likeness (QED) is 0.712. The van der Waals surface area contributed by atoms with Crippen molar-refractivity contribution >= 4 is 5.69 Å². The fourth-order valence-electron chi connectivity index (χ4n) is 2.45. The molecule has 1 heterocycles. The summed E-state index contributed by atoms with van der Waals surface area (Å²) < 4.78 is 5.38. The first kappa shape index (κ1) is 13.4. The summed E-state index contributed by atoms with van der Waals surface area (Å²) in [5, 5.41) is 0. The third-order valence-corrected chi connectivity index (χ3v) is 3.63. The molecule has 1 aromatic carbocycles. The minimum atomic E-state index is 0.860. The highest BCUT2D eigenvalue weighted by atomic mass is 16.5. The average molecular weight is 247 g/mol. The van der Waals surface area contributed by atoms with Crippen molar-refractivity contribution in [3.05, 3.63) is 29.8 Å². The molecule has 1 fully saturated rings. The van der Waals surface area contributed by atoms with E-state index in [-0.39, 0.29) is 0 Å². The monoisotopic (exact) mass is 247 g/mol. The van der Waals surface area contributed by atoms with Gasteiger partial charge in [-0.05, 0) is 30.5 Å². The molecule has 100 valence electrons. The topological polar surface area (TPSA) is 12.5 Å². The van der Waals surface area contributed by atoms with E-state index in [1.54, 1.807) is 0 Å². The van der Waals surface area contributed by atoms with Gasteiger partial charge in [-0.1, -0.05) is 38.3 Å². The Kier molecular flexibility index (Phi) is 5.53. The Morgan fingerprint density at radius 3 is 2.39 bits per heavy atom. The number of aryl methyl sites for hydroxylation is 1. The zero-order valence-electron chi connectivity index (χ0n) is 11.5. The van der Waals surface area contributed by atoms with Crippen LogP contribution in [0.15, 0.2) is 24.3 Å². The number of nitrogens with zero attached hydrogens (tertiary/aromatic N) is 1. The molecule has 2 heteroatoms. The van der Waals surface area contributed by atoms with Crippen LogP contribution < -0.4 is 4.90 Å². The van der Waals surface area contributed by atoms with Crippen LogP contribution in [-0.4, -0.2) is 26.3 Å². The van der Waals surface area contributed by atoms with E-state index in [0.29, 0.717) is 0 Å². The summed E-state index contributed by atoms with van der Waals surface area (Å²) in [6.07, 6.45) is 6.59. The molecule has 0 radical (unpaired) electrons. The summed E-state index contributed by atoms with van der Waals surface area (Å²) in [5.41, 5.74) is 2.82. The van der Waals surface area contributed by atoms with E-state index >= 15 is 0 Å². The van der Waals surface area contributed by atoms with Gasteiger partial charge in [-0.25, -0.2) is 0 Å². The van der Waals surface area contributed by atoms with Gasteiger partial charge in [0.05, 0.1) is 13.2 Å². The molecule has 0 amide bonds. The number of ether oxygens (including phenoxy) is 1. The Balaban J connectivity index is 1.81. The predicted molar refractivity (Wildman–Crippen MR) is 77.3 cm³/mol. The zero-order chi connectivity index (χ0) is 12.6. The van der Waals surface area contributed by atoms with E-state index in [4.69, 9.17) is 4.74 Å². The van der Waals surface area contributed by atoms with Gasteiger partial charge in [0.15, 0.2) is 0 Å². The molecule has 0 N–H and O–H groups in total. The molecule has 0 saturated carbocycles. The van der Waals surface area contributed by atoms with Crippen molar-refractivity contribution in [2.45, 2.75) is 39.0 Å². The van der Waals surface area contributed by atoms with Crippen LogP contribution in [0, 0.1) is 0 Å². The average Bonchev–Trinajstić information content (AvgIpc) is 2.45. The third kappa shape index (κ3) is 4.02. The molecule has 2 nitrogen and oxygen atoms in total. The van der Waals surface area contributed by atoms with Gasteiger partial charge >= 0.3 is 0 Å². The minimum absolute atomic E-state index is 0.860. The number of rotatable bonds is 6. The molecule has 1 aliphatic rings. The molecule has 0 aliphatic carbocycles. The largest absolute Gasteiger partial charge is 0.378 e. The number of benzene rings is 1. The van der Waals surface area contributed by atoms with Crippen molar-refractivity contribution < 1.29 is 4.74 Å². The summed E-state index contributed by atoms with van der Waals surface area (Å²) >= 11 is 0. The second-order valence-corrected chi connectivity index (χ2v) is 5.08. The highest BCUT2D eigenvalue weighted by Gasteiger charge is 2.10. The predicted octanol–water partition coefficient (Wildman–Crippen LogP) is 3.65. The lowest BCUT2D eigenvalue weighted by Crippen LogP contribution is -2.36. The standard InChI is InChI=1S/C16H25NO/c1-2-3-4-5-6-15-7-9-16(10-8-15)17-11-13-18-14-12-17/h7-10H,2-6,11-14H2,1H3. The van der Waals surface area contributed by atoms with Gasteiger partial charge in [-0.15, -0.1) is 0 Å². The summed E-state index contributed by atoms with van der Waals surface area (Å²) in [6.45, 7) is 6.03. The fourth-order valence-corrected chi connectivity index (χ4v) is 2.45. The van der Waals surface area contributed by atoms with Crippen LogP contribution in [0.1, 0.15) is 38.2 Å². The molecule has 2 rings (SSSR count). The first-order valence-corrected chi connectivity index (χ1v) is 7.32. The first-order chi connectivity index (χ1) is 8.90. The summed E-state index contributed by atoms with van der Waals surface area (Å²) in [6, 6.07) is 9.11. The maximum absolute atomic E-state index is 5.38. The number of anilines is 1. The molecule has 0 aromatic heterocycles. The summed E-state index contributed by atoms with van der Waals surface area (Å²) in [4.78, 5) is 2.41. The normalized spacial score (nSPS) is 15.9. The van der Waals surface area contributed by atoms with Gasteiger partial charge in [0.25, 0.3) is 0 Å². The van der Waals surface area contributed by atoms with Crippen LogP contribution in [0.25, 0.3) is 0 Å². The van der Waals surface area contributed by atoms with Gasteiger partial charge in [0.1, 0.15) is 0 Å². The van der Waals surface area contributed by atoms with Gasteiger partial charge in [-0.2, -0.15) is 0 Å². The molecule has 1 aromatic rings. The zero-order valence-corrected chi connectivity index (χ0v) is 11.5. The number of hydrogen-bond acceptors (Lipinski definition) is 2. The Morgan fingerprint density at radius 1 is 1.00 bits per heavy atom. The second-order valence-electron chi connectivity index (χ2n) is 5.08. The maximum Gasteiger partial charge on any atom is 0.0642 e. The molecule has 0 bridgehead atoms. The van der Waals surface area contributed by atoms with E-state index in [9.17, 15) is 0 Å². The van der Waals surface area contributed by atoms with E-state index in [1.165, 1.54) is 43.4 Å². The molecule has 0 atom stereocenters. The highest BCUT2D eigenvalue weighted by molar-refractivity contribution is 5.47. The van der Waals surface area contributed by atoms with E-state index in [2.05, 4.69) is 36.1 Å². The van der Waals surface area contributed by atoms with Crippen LogP contribution in [0.2, 0.25) is 0 Å². The highest BCUT2D eigenvalue weighted by Crippen LogP contribution is 2.17. The van der Waals surface area contributed by atoms with Crippen molar-refractivity contribution in [3.8, 4) is 0 Å². The van der Waals surface area contributed by atoms with E-state index in [1.807, 2.05) is 0 Å². The van der Waals surface area contributed by atoms with Gasteiger partial charge < -0.3 is 9.64 Å². The lowest BCUT2D eigenvalue weighted by atomic mass is 10.1. The molecule has 1 aliphatic heterocycles. The van der Waals surface area contributed by atoms with Crippen molar-refractivity contribution in [3.63, 3.8) is 0 Å². The van der Waals surface area contributed by atoms with Crippen LogP contribution >= 0.6 is 0 Å². The Hall–Kier alpha value is -1.02. The molecule has 0 unspecified atom stereocenters. The Bertz CT molecular complexity index is 327. The number of morpholine rings is 1. The lowest BCUT2D eigenvalue weighted by molar-refractivity contribution is 0.122. The van der Waals surface area contributed by atoms with Crippen molar-refractivity contribution in [1.29, 1.82) is 0 Å². The number of unbranched alkanes of at least 4 members (excludes halogenated alkanes) is 3. The van der Waals surface area contributed by atoms with Gasteiger partial charge in [-0.3, -0.25) is 0 Å².